The molecule has 0 spiro atoms. The van der Waals surface area contributed by atoms with Crippen LogP contribution in [0.1, 0.15) is 6.42 Å². The van der Waals surface area contributed by atoms with Gasteiger partial charge in [-0.3, -0.25) is 9.36 Å². The summed E-state index contributed by atoms with van der Waals surface area (Å²) >= 11 is 1.84. The first kappa shape index (κ1) is 21.9. The first-order valence-corrected chi connectivity index (χ1v) is 10.8. The summed E-state index contributed by atoms with van der Waals surface area (Å²) < 4.78 is 30.8. The van der Waals surface area contributed by atoms with Crippen LogP contribution >= 0.6 is 23.0 Å². The summed E-state index contributed by atoms with van der Waals surface area (Å²) in [5.41, 5.74) is 0.884. The van der Waals surface area contributed by atoms with Gasteiger partial charge in [0.25, 0.3) is 0 Å². The second-order valence-corrected chi connectivity index (χ2v) is 8.47. The molecule has 1 aromatic heterocycles. The van der Waals surface area contributed by atoms with Crippen LogP contribution in [0.25, 0.3) is 22.2 Å². The van der Waals surface area contributed by atoms with Crippen molar-refractivity contribution in [3.05, 3.63) is 53.0 Å². The Labute approximate surface area is 194 Å². The number of alkyl halides is 1. The monoisotopic (exact) mass is 536 g/mol. The molecule has 2 heterocycles. The zero-order valence-corrected chi connectivity index (χ0v) is 19.3. The summed E-state index contributed by atoms with van der Waals surface area (Å²) in [5.74, 6) is -0.306. The molecule has 1 aliphatic rings. The number of amides is 1. The number of halogens is 2. The van der Waals surface area contributed by atoms with Gasteiger partial charge in [0.05, 0.1) is 11.6 Å². The Hall–Kier alpha value is -2.27. The van der Waals surface area contributed by atoms with Crippen molar-refractivity contribution < 1.29 is 21.4 Å². The molecule has 4 rings (SSSR count). The molecule has 1 unspecified atom stereocenters. The molecule has 1 aliphatic heterocycles. The number of oxazole rings is 1. The zero-order valence-electron chi connectivity index (χ0n) is 17.1. The van der Waals surface area contributed by atoms with Crippen LogP contribution < -0.4 is 10.5 Å². The maximum atomic E-state index is 13.7. The molecule has 31 heavy (non-hydrogen) atoms. The van der Waals surface area contributed by atoms with Crippen LogP contribution in [0.5, 0.6) is 5.75 Å². The van der Waals surface area contributed by atoms with Crippen molar-refractivity contribution in [2.45, 2.75) is 24.7 Å². The molecule has 1 saturated heterocycles. The third-order valence-corrected chi connectivity index (χ3v) is 5.85. The van der Waals surface area contributed by atoms with Crippen LogP contribution in [0, 0.1) is 0 Å². The first-order chi connectivity index (χ1) is 14.7. The zero-order chi connectivity index (χ0) is 22.2. The number of fused-ring (bicyclic) bond motifs is 1. The van der Waals surface area contributed by atoms with Crippen molar-refractivity contribution >= 4 is 55.7 Å². The molecule has 0 radical (unpaired) electrons. The van der Waals surface area contributed by atoms with E-state index in [1.165, 1.54) is 20.3 Å². The van der Waals surface area contributed by atoms with Gasteiger partial charge < -0.3 is 17.1 Å². The molecule has 0 N–H and O–H groups in total. The Morgan fingerprint density at radius 2 is 1.94 bits per heavy atom. The van der Waals surface area contributed by atoms with E-state index >= 15 is 0 Å². The number of carbonyl (C=O) groups excluding carboxylic acids is 1. The fourth-order valence-corrected chi connectivity index (χ4v) is 4.06. The fraction of sp³-hybridized carbons (Fsp3) is 0.300. The second kappa shape index (κ2) is 8.70. The number of benzene rings is 2. The van der Waals surface area contributed by atoms with E-state index in [0.29, 0.717) is 29.9 Å². The van der Waals surface area contributed by atoms with Gasteiger partial charge in [-0.25, -0.2) is 9.18 Å². The first-order valence-electron chi connectivity index (χ1n) is 9.90. The Kier molecular flexibility index (Phi) is 6.16. The highest BCUT2D eigenvalue weighted by atomic mass is 127. The van der Waals surface area contributed by atoms with Crippen LogP contribution in [0.4, 0.5) is 4.39 Å². The number of likely N-dealkylation sites (tertiary alicyclic amines) is 1. The Bertz CT molecular complexity index is 1160. The minimum absolute atomic E-state index is 0.0175. The molecular formula is C20H20B2FIN2O5. The van der Waals surface area contributed by atoms with E-state index in [-0.39, 0.29) is 18.6 Å². The van der Waals surface area contributed by atoms with Crippen LogP contribution in [-0.2, 0) is 14.4 Å². The van der Waals surface area contributed by atoms with Gasteiger partial charge in [-0.15, -0.1) is 0 Å². The number of ether oxygens (including phenoxy) is 1. The molecule has 7 nitrogen and oxygen atoms in total. The third-order valence-electron chi connectivity index (χ3n) is 5.13. The summed E-state index contributed by atoms with van der Waals surface area (Å²) in [6.07, 6.45) is 0.794. The average Bonchev–Trinajstić information content (AvgIpc) is 3.32. The normalized spacial score (nSPS) is 16.7. The van der Waals surface area contributed by atoms with Crippen LogP contribution in [0.3, 0.4) is 0 Å². The van der Waals surface area contributed by atoms with Gasteiger partial charge in [-0.2, -0.15) is 0 Å². The molecular weight excluding hydrogens is 516 g/mol. The smallest absolute Gasteiger partial charge is 0.420 e. The van der Waals surface area contributed by atoms with E-state index in [9.17, 15) is 14.0 Å². The Morgan fingerprint density at radius 1 is 1.23 bits per heavy atom. The van der Waals surface area contributed by atoms with Crippen molar-refractivity contribution in [2.24, 2.45) is 0 Å². The van der Waals surface area contributed by atoms with E-state index in [4.69, 9.17) is 12.2 Å². The lowest BCUT2D eigenvalue weighted by atomic mass is 9.78. The topological polar surface area (TPSA) is 73.9 Å². The van der Waals surface area contributed by atoms with E-state index in [2.05, 4.69) is 0 Å². The highest BCUT2D eigenvalue weighted by Gasteiger charge is 2.27. The summed E-state index contributed by atoms with van der Waals surface area (Å²) in [6, 6.07) is 12.3. The molecule has 0 bridgehead atoms. The molecule has 1 amide bonds. The number of carbonyl (C=O) groups is 1. The van der Waals surface area contributed by atoms with Gasteiger partial charge in [0, 0.05) is 13.1 Å². The quantitative estimate of drug-likeness (QED) is 0.353. The molecule has 160 valence electrons. The highest BCUT2D eigenvalue weighted by molar-refractivity contribution is 14.1. The average molecular weight is 536 g/mol. The van der Waals surface area contributed by atoms with Gasteiger partial charge in [0.2, 0.25) is 5.91 Å². The number of hydrogen-bond acceptors (Lipinski definition) is 5. The minimum Gasteiger partial charge on any atom is -0.475 e. The van der Waals surface area contributed by atoms with Crippen LogP contribution in [0.15, 0.2) is 51.7 Å². The van der Waals surface area contributed by atoms with Crippen molar-refractivity contribution in [1.82, 2.24) is 9.47 Å². The van der Waals surface area contributed by atoms with E-state index in [0.717, 1.165) is 17.5 Å². The van der Waals surface area contributed by atoms with Crippen LogP contribution in [-0.4, -0.2) is 55.9 Å². The van der Waals surface area contributed by atoms with Gasteiger partial charge >= 0.3 is 5.76 Å². The Balaban J connectivity index is 1.59. The molecule has 2 aromatic carbocycles. The predicted molar refractivity (Wildman–Crippen MR) is 128 cm³/mol. The van der Waals surface area contributed by atoms with Crippen LogP contribution in [0.2, 0.25) is 0 Å². The Morgan fingerprint density at radius 3 is 2.58 bits per heavy atom. The van der Waals surface area contributed by atoms with Crippen molar-refractivity contribution in [3.63, 3.8) is 0 Å². The van der Waals surface area contributed by atoms with Gasteiger partial charge in [-0.1, -0.05) is 18.2 Å². The van der Waals surface area contributed by atoms with Crippen molar-refractivity contribution in [3.8, 4) is 16.9 Å². The maximum Gasteiger partial charge on any atom is 0.420 e. The van der Waals surface area contributed by atoms with E-state index in [1.54, 1.807) is 23.1 Å². The molecule has 0 aliphatic carbocycles. The predicted octanol–water partition coefficient (Wildman–Crippen LogP) is 1.45. The summed E-state index contributed by atoms with van der Waals surface area (Å²) in [7, 11) is 2.68. The minimum atomic E-state index is -1.77. The SMILES string of the molecule is BC(B)(F)Oc1ccc(-c2ccc3oc(=O)n(CC(=O)N4CCC(OI)C4)c3c2)cc1. The number of aromatic nitrogens is 1. The number of nitrogens with zero attached hydrogens (tertiary/aromatic N) is 2. The molecule has 3 aromatic rings. The number of rotatable bonds is 6. The lowest BCUT2D eigenvalue weighted by Crippen LogP contribution is -2.34. The lowest BCUT2D eigenvalue weighted by Gasteiger charge is -2.18. The summed E-state index contributed by atoms with van der Waals surface area (Å²) in [4.78, 5) is 26.8. The third kappa shape index (κ3) is 4.98. The second-order valence-electron chi connectivity index (χ2n) is 7.97. The van der Waals surface area contributed by atoms with Gasteiger partial charge in [0.15, 0.2) is 26.9 Å². The fourth-order valence-electron chi connectivity index (χ4n) is 3.65. The molecule has 0 saturated carbocycles. The van der Waals surface area contributed by atoms with Crippen molar-refractivity contribution in [2.75, 3.05) is 13.1 Å². The largest absolute Gasteiger partial charge is 0.475 e. The summed E-state index contributed by atoms with van der Waals surface area (Å²) in [6.45, 7) is 1.02. The summed E-state index contributed by atoms with van der Waals surface area (Å²) in [5, 5.41) is 0. The maximum absolute atomic E-state index is 13.7. The molecule has 11 heteroatoms. The molecule has 1 atom stereocenters. The van der Waals surface area contributed by atoms with Crippen molar-refractivity contribution in [1.29, 1.82) is 0 Å². The lowest BCUT2D eigenvalue weighted by molar-refractivity contribution is -0.131. The highest BCUT2D eigenvalue weighted by Crippen LogP contribution is 2.27. The molecule has 1 fully saturated rings. The van der Waals surface area contributed by atoms with Gasteiger partial charge in [-0.05, 0) is 41.8 Å². The van der Waals surface area contributed by atoms with E-state index < -0.39 is 11.4 Å². The van der Waals surface area contributed by atoms with E-state index in [1.807, 2.05) is 47.3 Å². The standard InChI is InChI=1S/C20H20B2FIN2O5/c21-20(22,23)30-14-4-1-12(2-5-14)13-3-6-17-16(9-13)26(19(28)29-17)11-18(27)25-8-7-15(10-25)31-24/h1-6,9,15H,7-8,10-11,21-22H2. The number of hydrogen-bond donors (Lipinski definition) is 0. The van der Waals surface area contributed by atoms with Gasteiger partial charge in [0.1, 0.15) is 35.3 Å².